The van der Waals surface area contributed by atoms with Gasteiger partial charge in [0.1, 0.15) is 5.75 Å². The summed E-state index contributed by atoms with van der Waals surface area (Å²) in [4.78, 5) is 0. The second-order valence-electron chi connectivity index (χ2n) is 2.65. The SMILES string of the molecule is CCc1cc(OC(F)(F)F)ccc1Cl. The highest BCUT2D eigenvalue weighted by Gasteiger charge is 2.31. The number of hydrogen-bond acceptors (Lipinski definition) is 1. The second-order valence-corrected chi connectivity index (χ2v) is 3.06. The molecule has 1 nitrogen and oxygen atoms in total. The molecule has 0 spiro atoms. The molecule has 1 aromatic carbocycles. The van der Waals surface area contributed by atoms with Crippen molar-refractivity contribution in [2.24, 2.45) is 0 Å². The van der Waals surface area contributed by atoms with Crippen molar-refractivity contribution in [2.45, 2.75) is 19.7 Å². The summed E-state index contributed by atoms with van der Waals surface area (Å²) in [5.41, 5.74) is 0.633. The molecule has 14 heavy (non-hydrogen) atoms. The molecule has 0 heterocycles. The van der Waals surface area contributed by atoms with Crippen molar-refractivity contribution < 1.29 is 17.9 Å². The minimum atomic E-state index is -4.65. The summed E-state index contributed by atoms with van der Waals surface area (Å²) in [5.74, 6) is -0.237. The molecule has 0 atom stereocenters. The average molecular weight is 225 g/mol. The van der Waals surface area contributed by atoms with Gasteiger partial charge in [-0.25, -0.2) is 0 Å². The maximum Gasteiger partial charge on any atom is 0.573 e. The molecule has 0 aromatic heterocycles. The minimum absolute atomic E-state index is 0.237. The van der Waals surface area contributed by atoms with Gasteiger partial charge in [0.05, 0.1) is 0 Å². The van der Waals surface area contributed by atoms with E-state index >= 15 is 0 Å². The van der Waals surface area contributed by atoms with Gasteiger partial charge in [0.15, 0.2) is 0 Å². The van der Waals surface area contributed by atoms with Gasteiger partial charge >= 0.3 is 6.36 Å². The van der Waals surface area contributed by atoms with E-state index in [1.807, 2.05) is 0 Å². The highest BCUT2D eigenvalue weighted by molar-refractivity contribution is 6.31. The van der Waals surface area contributed by atoms with Gasteiger partial charge in [0.2, 0.25) is 0 Å². The van der Waals surface area contributed by atoms with Crippen LogP contribution in [0.15, 0.2) is 18.2 Å². The van der Waals surface area contributed by atoms with Crippen molar-refractivity contribution >= 4 is 11.6 Å². The highest BCUT2D eigenvalue weighted by Crippen LogP contribution is 2.27. The fraction of sp³-hybridized carbons (Fsp3) is 0.333. The van der Waals surface area contributed by atoms with Crippen molar-refractivity contribution in [3.63, 3.8) is 0 Å². The molecule has 0 aliphatic rings. The lowest BCUT2D eigenvalue weighted by atomic mass is 10.2. The number of alkyl halides is 3. The highest BCUT2D eigenvalue weighted by atomic mass is 35.5. The average Bonchev–Trinajstić information content (AvgIpc) is 2.06. The molecule has 0 amide bonds. The van der Waals surface area contributed by atoms with Crippen LogP contribution >= 0.6 is 11.6 Å². The molecule has 0 radical (unpaired) electrons. The molecular formula is C9H8ClF3O. The Labute approximate surface area is 84.4 Å². The predicted octanol–water partition coefficient (Wildman–Crippen LogP) is 3.80. The van der Waals surface area contributed by atoms with Crippen molar-refractivity contribution in [1.82, 2.24) is 0 Å². The van der Waals surface area contributed by atoms with Gasteiger partial charge in [-0.15, -0.1) is 13.2 Å². The summed E-state index contributed by atoms with van der Waals surface area (Å²) < 4.78 is 39.2. The van der Waals surface area contributed by atoms with Crippen LogP contribution in [0, 0.1) is 0 Å². The summed E-state index contributed by atoms with van der Waals surface area (Å²) >= 11 is 5.73. The lowest BCUT2D eigenvalue weighted by molar-refractivity contribution is -0.274. The number of rotatable bonds is 2. The van der Waals surface area contributed by atoms with Gasteiger partial charge in [-0.2, -0.15) is 0 Å². The van der Waals surface area contributed by atoms with E-state index in [0.717, 1.165) is 0 Å². The zero-order valence-electron chi connectivity index (χ0n) is 7.36. The molecule has 1 rings (SSSR count). The molecule has 0 N–H and O–H groups in total. The van der Waals surface area contributed by atoms with E-state index in [0.29, 0.717) is 17.0 Å². The first-order chi connectivity index (χ1) is 6.42. The van der Waals surface area contributed by atoms with E-state index in [-0.39, 0.29) is 5.75 Å². The monoisotopic (exact) mass is 224 g/mol. The Balaban J connectivity index is 2.90. The Bertz CT molecular complexity index is 322. The molecule has 0 aliphatic carbocycles. The number of halogens is 4. The molecule has 5 heteroatoms. The zero-order valence-corrected chi connectivity index (χ0v) is 8.12. The van der Waals surface area contributed by atoms with E-state index in [1.165, 1.54) is 18.2 Å². The normalized spacial score (nSPS) is 11.5. The maximum atomic E-state index is 11.8. The minimum Gasteiger partial charge on any atom is -0.406 e. The Hall–Kier alpha value is -0.900. The van der Waals surface area contributed by atoms with Crippen molar-refractivity contribution in [1.29, 1.82) is 0 Å². The lowest BCUT2D eigenvalue weighted by Crippen LogP contribution is -2.17. The molecule has 0 saturated carbocycles. The van der Waals surface area contributed by atoms with Gasteiger partial charge in [-0.3, -0.25) is 0 Å². The van der Waals surface area contributed by atoms with Crippen LogP contribution in [0.5, 0.6) is 5.75 Å². The molecule has 0 saturated heterocycles. The summed E-state index contributed by atoms with van der Waals surface area (Å²) in [6.07, 6.45) is -4.09. The quantitative estimate of drug-likeness (QED) is 0.743. The van der Waals surface area contributed by atoms with Crippen LogP contribution in [0.4, 0.5) is 13.2 Å². The standard InChI is InChI=1S/C9H8ClF3O/c1-2-6-5-7(3-4-8(6)10)14-9(11,12)13/h3-5H,2H2,1H3. The number of aryl methyl sites for hydroxylation is 1. The number of hydrogen-bond donors (Lipinski definition) is 0. The molecule has 1 aromatic rings. The van der Waals surface area contributed by atoms with Gasteiger partial charge in [-0.1, -0.05) is 18.5 Å². The fourth-order valence-corrected chi connectivity index (χ4v) is 1.27. The van der Waals surface area contributed by atoms with Crippen LogP contribution in [-0.2, 0) is 6.42 Å². The summed E-state index contributed by atoms with van der Waals surface area (Å²) in [7, 11) is 0. The summed E-state index contributed by atoms with van der Waals surface area (Å²) in [6, 6.07) is 3.87. The first-order valence-electron chi connectivity index (χ1n) is 3.96. The molecule has 0 bridgehead atoms. The third-order valence-electron chi connectivity index (χ3n) is 1.63. The Morgan fingerprint density at radius 1 is 1.36 bits per heavy atom. The number of ether oxygens (including phenoxy) is 1. The van der Waals surface area contributed by atoms with Crippen LogP contribution in [-0.4, -0.2) is 6.36 Å². The van der Waals surface area contributed by atoms with Crippen LogP contribution in [0.25, 0.3) is 0 Å². The second kappa shape index (κ2) is 4.09. The first kappa shape index (κ1) is 11.2. The van der Waals surface area contributed by atoms with E-state index < -0.39 is 6.36 Å². The predicted molar refractivity (Wildman–Crippen MR) is 47.5 cm³/mol. The van der Waals surface area contributed by atoms with Crippen LogP contribution in [0.2, 0.25) is 5.02 Å². The van der Waals surface area contributed by atoms with E-state index in [4.69, 9.17) is 11.6 Å². The van der Waals surface area contributed by atoms with E-state index in [9.17, 15) is 13.2 Å². The van der Waals surface area contributed by atoms with E-state index in [2.05, 4.69) is 4.74 Å². The summed E-state index contributed by atoms with van der Waals surface area (Å²) in [5, 5.41) is 0.446. The van der Waals surface area contributed by atoms with Gasteiger partial charge in [-0.05, 0) is 30.2 Å². The van der Waals surface area contributed by atoms with Gasteiger partial charge in [0.25, 0.3) is 0 Å². The van der Waals surface area contributed by atoms with Gasteiger partial charge in [0, 0.05) is 5.02 Å². The Morgan fingerprint density at radius 2 is 2.00 bits per heavy atom. The van der Waals surface area contributed by atoms with Crippen LogP contribution in [0.3, 0.4) is 0 Å². The fourth-order valence-electron chi connectivity index (χ4n) is 1.02. The van der Waals surface area contributed by atoms with Gasteiger partial charge < -0.3 is 4.74 Å². The lowest BCUT2D eigenvalue weighted by Gasteiger charge is -2.10. The third kappa shape index (κ3) is 3.10. The van der Waals surface area contributed by atoms with Crippen molar-refractivity contribution in [3.8, 4) is 5.75 Å². The molecular weight excluding hydrogens is 217 g/mol. The molecule has 78 valence electrons. The first-order valence-corrected chi connectivity index (χ1v) is 4.34. The smallest absolute Gasteiger partial charge is 0.406 e. The van der Waals surface area contributed by atoms with Crippen molar-refractivity contribution in [3.05, 3.63) is 28.8 Å². The zero-order chi connectivity index (χ0) is 10.8. The molecule has 0 unspecified atom stereocenters. The van der Waals surface area contributed by atoms with E-state index in [1.54, 1.807) is 6.92 Å². The third-order valence-corrected chi connectivity index (χ3v) is 2.00. The molecule has 0 aliphatic heterocycles. The van der Waals surface area contributed by atoms with Crippen molar-refractivity contribution in [2.75, 3.05) is 0 Å². The Morgan fingerprint density at radius 3 is 2.50 bits per heavy atom. The van der Waals surface area contributed by atoms with Crippen LogP contribution < -0.4 is 4.74 Å². The Kier molecular flexibility index (Phi) is 3.26. The topological polar surface area (TPSA) is 9.23 Å². The largest absolute Gasteiger partial charge is 0.573 e. The number of benzene rings is 1. The molecule has 0 fully saturated rings. The van der Waals surface area contributed by atoms with Crippen LogP contribution in [0.1, 0.15) is 12.5 Å². The summed E-state index contributed by atoms with van der Waals surface area (Å²) in [6.45, 7) is 1.80. The maximum absolute atomic E-state index is 11.8.